The molecule has 0 amide bonds. The van der Waals surface area contributed by atoms with Gasteiger partial charge in [-0.05, 0) is 45.2 Å². The summed E-state index contributed by atoms with van der Waals surface area (Å²) in [5.41, 5.74) is 0. The Kier molecular flexibility index (Phi) is 4.54. The Labute approximate surface area is 87.4 Å². The van der Waals surface area contributed by atoms with Crippen molar-refractivity contribution < 1.29 is 0 Å². The van der Waals surface area contributed by atoms with Gasteiger partial charge in [0.2, 0.25) is 0 Å². The van der Waals surface area contributed by atoms with Crippen LogP contribution in [0.1, 0.15) is 40.0 Å². The highest BCUT2D eigenvalue weighted by atomic mass is 35.5. The molecule has 0 bridgehead atoms. The lowest BCUT2D eigenvalue weighted by molar-refractivity contribution is 0.156. The number of alkyl halides is 1. The maximum atomic E-state index is 6.24. The molecule has 1 nitrogen and oxygen atoms in total. The number of halogens is 1. The summed E-state index contributed by atoms with van der Waals surface area (Å²) in [5, 5.41) is 0.376. The fourth-order valence-corrected chi connectivity index (χ4v) is 2.22. The summed E-state index contributed by atoms with van der Waals surface area (Å²) in [7, 11) is 0. The molecule has 1 aliphatic heterocycles. The Bertz CT molecular complexity index is 147. The van der Waals surface area contributed by atoms with Crippen molar-refractivity contribution >= 4 is 11.6 Å². The number of hydrogen-bond donors (Lipinski definition) is 0. The summed E-state index contributed by atoms with van der Waals surface area (Å²) < 4.78 is 0. The molecule has 2 atom stereocenters. The fourth-order valence-electron chi connectivity index (χ4n) is 1.90. The molecule has 0 saturated carbocycles. The quantitative estimate of drug-likeness (QED) is 0.638. The topological polar surface area (TPSA) is 3.24 Å². The first-order valence-electron chi connectivity index (χ1n) is 5.49. The smallest absolute Gasteiger partial charge is 0.0489 e. The predicted octanol–water partition coefficient (Wildman–Crippen LogP) is 3.12. The van der Waals surface area contributed by atoms with Gasteiger partial charge in [-0.2, -0.15) is 0 Å². The van der Waals surface area contributed by atoms with Crippen molar-refractivity contribution in [2.45, 2.75) is 51.5 Å². The molecular weight excluding hydrogens is 182 g/mol. The van der Waals surface area contributed by atoms with Gasteiger partial charge < -0.3 is 0 Å². The third kappa shape index (κ3) is 3.47. The van der Waals surface area contributed by atoms with Crippen LogP contribution < -0.4 is 0 Å². The summed E-state index contributed by atoms with van der Waals surface area (Å²) >= 11 is 6.24. The SMILES string of the molecule is CC(C)CCN1CCCC(Cl)C1C. The van der Waals surface area contributed by atoms with Crippen LogP contribution in [0.5, 0.6) is 0 Å². The Balaban J connectivity index is 2.31. The van der Waals surface area contributed by atoms with E-state index in [4.69, 9.17) is 11.6 Å². The maximum absolute atomic E-state index is 6.24. The minimum Gasteiger partial charge on any atom is -0.299 e. The van der Waals surface area contributed by atoms with Crippen molar-refractivity contribution in [3.8, 4) is 0 Å². The van der Waals surface area contributed by atoms with Crippen LogP contribution in [0, 0.1) is 5.92 Å². The predicted molar refractivity (Wildman–Crippen MR) is 59.4 cm³/mol. The van der Waals surface area contributed by atoms with Gasteiger partial charge in [0.15, 0.2) is 0 Å². The van der Waals surface area contributed by atoms with Crippen LogP contribution in [-0.4, -0.2) is 29.4 Å². The molecule has 1 rings (SSSR count). The largest absolute Gasteiger partial charge is 0.299 e. The van der Waals surface area contributed by atoms with Crippen LogP contribution in [0.25, 0.3) is 0 Å². The Morgan fingerprint density at radius 2 is 2.15 bits per heavy atom. The van der Waals surface area contributed by atoms with Gasteiger partial charge >= 0.3 is 0 Å². The van der Waals surface area contributed by atoms with Crippen LogP contribution in [0.3, 0.4) is 0 Å². The van der Waals surface area contributed by atoms with Gasteiger partial charge in [-0.25, -0.2) is 0 Å². The summed E-state index contributed by atoms with van der Waals surface area (Å²) in [6.07, 6.45) is 3.77. The normalized spacial score (nSPS) is 31.2. The first kappa shape index (κ1) is 11.3. The van der Waals surface area contributed by atoms with Gasteiger partial charge in [-0.1, -0.05) is 13.8 Å². The van der Waals surface area contributed by atoms with E-state index < -0.39 is 0 Å². The molecule has 0 spiro atoms. The molecule has 78 valence electrons. The van der Waals surface area contributed by atoms with Crippen LogP contribution >= 0.6 is 11.6 Å². The molecule has 0 N–H and O–H groups in total. The monoisotopic (exact) mass is 203 g/mol. The number of rotatable bonds is 3. The Morgan fingerprint density at radius 3 is 2.77 bits per heavy atom. The zero-order valence-corrected chi connectivity index (χ0v) is 9.85. The van der Waals surface area contributed by atoms with E-state index in [2.05, 4.69) is 25.7 Å². The second-order valence-electron chi connectivity index (χ2n) is 4.62. The fraction of sp³-hybridized carbons (Fsp3) is 1.00. The van der Waals surface area contributed by atoms with E-state index in [9.17, 15) is 0 Å². The van der Waals surface area contributed by atoms with Crippen molar-refractivity contribution in [1.82, 2.24) is 4.90 Å². The molecule has 13 heavy (non-hydrogen) atoms. The molecule has 2 heteroatoms. The molecule has 0 aliphatic carbocycles. The minimum absolute atomic E-state index is 0.376. The van der Waals surface area contributed by atoms with Crippen molar-refractivity contribution in [3.63, 3.8) is 0 Å². The van der Waals surface area contributed by atoms with Gasteiger partial charge in [-0.3, -0.25) is 4.90 Å². The molecule has 1 aliphatic rings. The highest BCUT2D eigenvalue weighted by molar-refractivity contribution is 6.21. The summed E-state index contributed by atoms with van der Waals surface area (Å²) in [6.45, 7) is 9.30. The first-order valence-corrected chi connectivity index (χ1v) is 5.93. The van der Waals surface area contributed by atoms with E-state index in [-0.39, 0.29) is 0 Å². The third-order valence-electron chi connectivity index (χ3n) is 3.02. The number of likely N-dealkylation sites (tertiary alicyclic amines) is 1. The van der Waals surface area contributed by atoms with Crippen molar-refractivity contribution in [2.75, 3.05) is 13.1 Å². The molecule has 1 saturated heterocycles. The second kappa shape index (κ2) is 5.21. The van der Waals surface area contributed by atoms with Crippen molar-refractivity contribution in [1.29, 1.82) is 0 Å². The standard InChI is InChI=1S/C11H22ClN/c1-9(2)6-8-13-7-4-5-11(12)10(13)3/h9-11H,4-8H2,1-3H3. The number of piperidine rings is 1. The lowest BCUT2D eigenvalue weighted by Crippen LogP contribution is -2.44. The van der Waals surface area contributed by atoms with E-state index in [0.29, 0.717) is 11.4 Å². The number of hydrogen-bond acceptors (Lipinski definition) is 1. The van der Waals surface area contributed by atoms with Gasteiger partial charge in [0.1, 0.15) is 0 Å². The molecule has 0 aromatic rings. The van der Waals surface area contributed by atoms with Crippen LogP contribution in [0.4, 0.5) is 0 Å². The molecule has 1 fully saturated rings. The van der Waals surface area contributed by atoms with E-state index in [1.807, 2.05) is 0 Å². The zero-order valence-electron chi connectivity index (χ0n) is 9.09. The van der Waals surface area contributed by atoms with Gasteiger partial charge in [-0.15, -0.1) is 11.6 Å². The van der Waals surface area contributed by atoms with Crippen LogP contribution in [0.2, 0.25) is 0 Å². The van der Waals surface area contributed by atoms with Gasteiger partial charge in [0, 0.05) is 11.4 Å². The van der Waals surface area contributed by atoms with Crippen molar-refractivity contribution in [3.05, 3.63) is 0 Å². The van der Waals surface area contributed by atoms with E-state index in [0.717, 1.165) is 5.92 Å². The molecule has 0 aromatic heterocycles. The van der Waals surface area contributed by atoms with E-state index in [1.165, 1.54) is 32.4 Å². The van der Waals surface area contributed by atoms with Crippen LogP contribution in [0.15, 0.2) is 0 Å². The average Bonchev–Trinajstić information content (AvgIpc) is 2.07. The Morgan fingerprint density at radius 1 is 1.46 bits per heavy atom. The van der Waals surface area contributed by atoms with Crippen molar-refractivity contribution in [2.24, 2.45) is 5.92 Å². The molecule has 0 radical (unpaired) electrons. The van der Waals surface area contributed by atoms with E-state index in [1.54, 1.807) is 0 Å². The highest BCUT2D eigenvalue weighted by Crippen LogP contribution is 2.22. The second-order valence-corrected chi connectivity index (χ2v) is 5.18. The summed E-state index contributed by atoms with van der Waals surface area (Å²) in [6, 6.07) is 0.578. The lowest BCUT2D eigenvalue weighted by Gasteiger charge is -2.37. The summed E-state index contributed by atoms with van der Waals surface area (Å²) in [5.74, 6) is 0.808. The Hall–Kier alpha value is 0.250. The third-order valence-corrected chi connectivity index (χ3v) is 3.60. The minimum atomic E-state index is 0.376. The zero-order chi connectivity index (χ0) is 9.84. The average molecular weight is 204 g/mol. The maximum Gasteiger partial charge on any atom is 0.0489 e. The molecule has 0 aromatic carbocycles. The van der Waals surface area contributed by atoms with Crippen LogP contribution in [-0.2, 0) is 0 Å². The van der Waals surface area contributed by atoms with E-state index >= 15 is 0 Å². The summed E-state index contributed by atoms with van der Waals surface area (Å²) in [4.78, 5) is 2.54. The molecule has 1 heterocycles. The molecule has 2 unspecified atom stereocenters. The first-order chi connectivity index (χ1) is 6.11. The highest BCUT2D eigenvalue weighted by Gasteiger charge is 2.25. The van der Waals surface area contributed by atoms with Gasteiger partial charge in [0.25, 0.3) is 0 Å². The lowest BCUT2D eigenvalue weighted by atomic mass is 10.0. The molecular formula is C11H22ClN. The number of nitrogens with zero attached hydrogens (tertiary/aromatic N) is 1. The van der Waals surface area contributed by atoms with Gasteiger partial charge in [0.05, 0.1) is 0 Å².